The van der Waals surface area contributed by atoms with E-state index >= 15 is 0 Å². The molecule has 0 aromatic heterocycles. The van der Waals surface area contributed by atoms with E-state index in [1.807, 2.05) is 18.2 Å². The molecule has 0 aliphatic carbocycles. The highest BCUT2D eigenvalue weighted by molar-refractivity contribution is 5.14. The Balaban J connectivity index is 1.92. The number of hydrogen-bond donors (Lipinski definition) is 2. The van der Waals surface area contributed by atoms with Gasteiger partial charge in [-0.25, -0.2) is 0 Å². The standard InChI is InChI=1S/C12H17NO2/c14-9-11-7-13(8-12(11)15)6-10-4-2-1-3-5-10/h1-5,11-12,14-15H,6-9H2/t11-,12-/m1/s1. The maximum absolute atomic E-state index is 9.64. The average Bonchev–Trinajstić information content (AvgIpc) is 2.60. The lowest BCUT2D eigenvalue weighted by molar-refractivity contribution is 0.103. The van der Waals surface area contributed by atoms with Crippen LogP contribution in [-0.4, -0.2) is 40.9 Å². The number of β-amino-alcohol motifs (C(OH)–C–C–N with tert-alkyl or cyclic N) is 1. The van der Waals surface area contributed by atoms with E-state index in [0.717, 1.165) is 13.1 Å². The topological polar surface area (TPSA) is 43.7 Å². The zero-order valence-electron chi connectivity index (χ0n) is 8.71. The fourth-order valence-corrected chi connectivity index (χ4v) is 2.09. The van der Waals surface area contributed by atoms with Gasteiger partial charge in [0, 0.05) is 32.2 Å². The fourth-order valence-electron chi connectivity index (χ4n) is 2.09. The highest BCUT2D eigenvalue weighted by Gasteiger charge is 2.30. The van der Waals surface area contributed by atoms with Gasteiger partial charge in [0.25, 0.3) is 0 Å². The number of aliphatic hydroxyl groups is 2. The van der Waals surface area contributed by atoms with E-state index in [0.29, 0.717) is 6.54 Å². The quantitative estimate of drug-likeness (QED) is 0.757. The van der Waals surface area contributed by atoms with E-state index in [1.54, 1.807) is 0 Å². The van der Waals surface area contributed by atoms with Crippen LogP contribution in [0.4, 0.5) is 0 Å². The van der Waals surface area contributed by atoms with Gasteiger partial charge < -0.3 is 10.2 Å². The third-order valence-corrected chi connectivity index (χ3v) is 2.97. The van der Waals surface area contributed by atoms with Gasteiger partial charge in [-0.05, 0) is 5.56 Å². The molecular formula is C12H17NO2. The molecule has 1 aliphatic heterocycles. The molecule has 1 saturated heterocycles. The van der Waals surface area contributed by atoms with Gasteiger partial charge >= 0.3 is 0 Å². The molecule has 1 aromatic rings. The minimum absolute atomic E-state index is 0.0220. The Morgan fingerprint density at radius 2 is 1.93 bits per heavy atom. The maximum atomic E-state index is 9.64. The Labute approximate surface area is 90.0 Å². The van der Waals surface area contributed by atoms with Crippen molar-refractivity contribution in [3.05, 3.63) is 35.9 Å². The molecule has 2 atom stereocenters. The summed E-state index contributed by atoms with van der Waals surface area (Å²) < 4.78 is 0. The first-order chi connectivity index (χ1) is 7.29. The summed E-state index contributed by atoms with van der Waals surface area (Å²) >= 11 is 0. The molecule has 3 heteroatoms. The Morgan fingerprint density at radius 1 is 1.20 bits per heavy atom. The third kappa shape index (κ3) is 2.56. The predicted octanol–water partition coefficient (Wildman–Crippen LogP) is 0.472. The Bertz CT molecular complexity index is 302. The number of benzene rings is 1. The molecule has 1 fully saturated rings. The Kier molecular flexibility index (Phi) is 3.36. The van der Waals surface area contributed by atoms with Crippen LogP contribution >= 0.6 is 0 Å². The summed E-state index contributed by atoms with van der Waals surface area (Å²) in [7, 11) is 0. The van der Waals surface area contributed by atoms with Crippen LogP contribution in [0.5, 0.6) is 0 Å². The van der Waals surface area contributed by atoms with Crippen molar-refractivity contribution in [3.8, 4) is 0 Å². The van der Waals surface area contributed by atoms with E-state index in [1.165, 1.54) is 5.56 Å². The molecule has 1 heterocycles. The number of aliphatic hydroxyl groups excluding tert-OH is 2. The van der Waals surface area contributed by atoms with Gasteiger partial charge in [0.15, 0.2) is 0 Å². The molecule has 0 radical (unpaired) electrons. The summed E-state index contributed by atoms with van der Waals surface area (Å²) in [5, 5.41) is 18.7. The molecule has 15 heavy (non-hydrogen) atoms. The summed E-state index contributed by atoms with van der Waals surface area (Å²) in [6.07, 6.45) is -0.376. The minimum atomic E-state index is -0.376. The summed E-state index contributed by atoms with van der Waals surface area (Å²) in [6.45, 7) is 2.38. The SMILES string of the molecule is OC[C@H]1CN(Cc2ccccc2)C[C@H]1O. The maximum Gasteiger partial charge on any atom is 0.0729 e. The molecule has 3 nitrogen and oxygen atoms in total. The lowest BCUT2D eigenvalue weighted by Gasteiger charge is -2.14. The van der Waals surface area contributed by atoms with Crippen molar-refractivity contribution < 1.29 is 10.2 Å². The van der Waals surface area contributed by atoms with Crippen molar-refractivity contribution in [3.63, 3.8) is 0 Å². The predicted molar refractivity (Wildman–Crippen MR) is 58.3 cm³/mol. The van der Waals surface area contributed by atoms with Crippen molar-refractivity contribution in [1.82, 2.24) is 4.90 Å². The molecule has 0 bridgehead atoms. The van der Waals surface area contributed by atoms with E-state index < -0.39 is 0 Å². The van der Waals surface area contributed by atoms with Gasteiger partial charge in [0.05, 0.1) is 6.10 Å². The van der Waals surface area contributed by atoms with E-state index in [4.69, 9.17) is 5.11 Å². The summed E-state index contributed by atoms with van der Waals surface area (Å²) in [5.74, 6) is 0.0220. The Hall–Kier alpha value is -0.900. The number of hydrogen-bond acceptors (Lipinski definition) is 3. The molecular weight excluding hydrogens is 190 g/mol. The molecule has 2 N–H and O–H groups in total. The van der Waals surface area contributed by atoms with Gasteiger partial charge in [0.1, 0.15) is 0 Å². The lowest BCUT2D eigenvalue weighted by Crippen LogP contribution is -2.21. The number of rotatable bonds is 3. The van der Waals surface area contributed by atoms with Gasteiger partial charge in [-0.1, -0.05) is 30.3 Å². The lowest BCUT2D eigenvalue weighted by atomic mass is 10.1. The zero-order chi connectivity index (χ0) is 10.7. The van der Waals surface area contributed by atoms with E-state index in [2.05, 4.69) is 17.0 Å². The zero-order valence-corrected chi connectivity index (χ0v) is 8.71. The second-order valence-electron chi connectivity index (χ2n) is 4.19. The van der Waals surface area contributed by atoms with Crippen molar-refractivity contribution in [1.29, 1.82) is 0 Å². The van der Waals surface area contributed by atoms with Crippen molar-refractivity contribution >= 4 is 0 Å². The molecule has 1 aromatic carbocycles. The monoisotopic (exact) mass is 207 g/mol. The van der Waals surface area contributed by atoms with Crippen LogP contribution in [0.15, 0.2) is 30.3 Å². The van der Waals surface area contributed by atoms with Crippen molar-refractivity contribution in [2.45, 2.75) is 12.6 Å². The van der Waals surface area contributed by atoms with Gasteiger partial charge in [-0.2, -0.15) is 0 Å². The summed E-state index contributed by atoms with van der Waals surface area (Å²) in [6, 6.07) is 10.2. The molecule has 0 amide bonds. The normalized spacial score (nSPS) is 27.1. The first kappa shape index (κ1) is 10.6. The van der Waals surface area contributed by atoms with Crippen LogP contribution in [0.3, 0.4) is 0 Å². The van der Waals surface area contributed by atoms with Gasteiger partial charge in [-0.15, -0.1) is 0 Å². The molecule has 0 saturated carbocycles. The van der Waals surface area contributed by atoms with Crippen molar-refractivity contribution in [2.24, 2.45) is 5.92 Å². The average molecular weight is 207 g/mol. The smallest absolute Gasteiger partial charge is 0.0729 e. The summed E-state index contributed by atoms with van der Waals surface area (Å²) in [5.41, 5.74) is 1.25. The minimum Gasteiger partial charge on any atom is -0.396 e. The molecule has 1 aliphatic rings. The van der Waals surface area contributed by atoms with E-state index in [9.17, 15) is 5.11 Å². The van der Waals surface area contributed by atoms with Crippen LogP contribution in [-0.2, 0) is 6.54 Å². The van der Waals surface area contributed by atoms with Crippen LogP contribution in [0, 0.1) is 5.92 Å². The first-order valence-electron chi connectivity index (χ1n) is 5.35. The van der Waals surface area contributed by atoms with Crippen LogP contribution in [0.2, 0.25) is 0 Å². The van der Waals surface area contributed by atoms with Crippen molar-refractivity contribution in [2.75, 3.05) is 19.7 Å². The first-order valence-corrected chi connectivity index (χ1v) is 5.35. The number of nitrogens with zero attached hydrogens (tertiary/aromatic N) is 1. The largest absolute Gasteiger partial charge is 0.396 e. The molecule has 0 spiro atoms. The second kappa shape index (κ2) is 4.75. The highest BCUT2D eigenvalue weighted by atomic mass is 16.3. The van der Waals surface area contributed by atoms with Crippen LogP contribution in [0.25, 0.3) is 0 Å². The van der Waals surface area contributed by atoms with Gasteiger partial charge in [-0.3, -0.25) is 4.90 Å². The Morgan fingerprint density at radius 3 is 2.53 bits per heavy atom. The van der Waals surface area contributed by atoms with Gasteiger partial charge in [0.2, 0.25) is 0 Å². The fraction of sp³-hybridized carbons (Fsp3) is 0.500. The second-order valence-corrected chi connectivity index (χ2v) is 4.19. The summed E-state index contributed by atoms with van der Waals surface area (Å²) in [4.78, 5) is 2.18. The van der Waals surface area contributed by atoms with Crippen LogP contribution in [0.1, 0.15) is 5.56 Å². The molecule has 82 valence electrons. The molecule has 0 unspecified atom stereocenters. The third-order valence-electron chi connectivity index (χ3n) is 2.97. The van der Waals surface area contributed by atoms with Crippen LogP contribution < -0.4 is 0 Å². The highest BCUT2D eigenvalue weighted by Crippen LogP contribution is 2.18. The van der Waals surface area contributed by atoms with E-state index in [-0.39, 0.29) is 18.6 Å². The number of likely N-dealkylation sites (tertiary alicyclic amines) is 1. The molecule has 2 rings (SSSR count).